The SMILES string of the molecule is C[C@]12CC[C@](O)(c3ccccc3)C[C@H]1CC[C@@H]1[C@@H]2CC[C@]2(C)[C@@H](C3=COC(=O)C3)CC[C@]12O. The van der Waals surface area contributed by atoms with Crippen molar-refractivity contribution in [1.29, 1.82) is 0 Å². The van der Waals surface area contributed by atoms with Gasteiger partial charge in [-0.3, -0.25) is 4.79 Å². The zero-order chi connectivity index (χ0) is 23.1. The summed E-state index contributed by atoms with van der Waals surface area (Å²) >= 11 is 0. The molecular weight excluding hydrogens is 412 g/mol. The highest BCUT2D eigenvalue weighted by atomic mass is 16.5. The highest BCUT2D eigenvalue weighted by Crippen LogP contribution is 2.70. The average Bonchev–Trinajstić information content (AvgIpc) is 3.35. The second-order valence-corrected chi connectivity index (χ2v) is 12.4. The molecule has 0 aromatic heterocycles. The Labute approximate surface area is 197 Å². The number of fused-ring (bicyclic) bond motifs is 5. The summed E-state index contributed by atoms with van der Waals surface area (Å²) in [6.07, 6.45) is 10.8. The van der Waals surface area contributed by atoms with E-state index in [1.54, 1.807) is 6.26 Å². The van der Waals surface area contributed by atoms with Gasteiger partial charge in [0.15, 0.2) is 0 Å². The van der Waals surface area contributed by atoms with Crippen LogP contribution in [-0.2, 0) is 15.1 Å². The van der Waals surface area contributed by atoms with Gasteiger partial charge in [0.2, 0.25) is 0 Å². The topological polar surface area (TPSA) is 66.8 Å². The number of ether oxygens (including phenoxy) is 1. The van der Waals surface area contributed by atoms with Crippen LogP contribution < -0.4 is 0 Å². The zero-order valence-electron chi connectivity index (χ0n) is 20.1. The maximum Gasteiger partial charge on any atom is 0.314 e. The zero-order valence-corrected chi connectivity index (χ0v) is 20.1. The van der Waals surface area contributed by atoms with Gasteiger partial charge in [0.25, 0.3) is 0 Å². The maximum absolute atomic E-state index is 12.3. The summed E-state index contributed by atoms with van der Waals surface area (Å²) in [6, 6.07) is 10.2. The number of cyclic esters (lactones) is 1. The van der Waals surface area contributed by atoms with Gasteiger partial charge < -0.3 is 14.9 Å². The van der Waals surface area contributed by atoms with Crippen LogP contribution >= 0.6 is 0 Å². The Kier molecular flexibility index (Phi) is 4.75. The molecule has 5 aliphatic rings. The molecule has 178 valence electrons. The van der Waals surface area contributed by atoms with Gasteiger partial charge in [0.05, 0.1) is 23.9 Å². The van der Waals surface area contributed by atoms with Gasteiger partial charge in [-0.2, -0.15) is 0 Å². The second-order valence-electron chi connectivity index (χ2n) is 12.4. The second kappa shape index (κ2) is 7.18. The molecule has 1 aromatic rings. The van der Waals surface area contributed by atoms with E-state index < -0.39 is 11.2 Å². The average molecular weight is 451 g/mol. The first-order valence-corrected chi connectivity index (χ1v) is 13.1. The highest BCUT2D eigenvalue weighted by molar-refractivity contribution is 5.76. The van der Waals surface area contributed by atoms with Gasteiger partial charge in [0, 0.05) is 5.41 Å². The molecule has 6 rings (SSSR count). The van der Waals surface area contributed by atoms with Crippen LogP contribution in [0.5, 0.6) is 0 Å². The van der Waals surface area contributed by atoms with E-state index in [9.17, 15) is 15.0 Å². The molecule has 0 radical (unpaired) electrons. The molecule has 4 heteroatoms. The molecule has 1 aromatic carbocycles. The van der Waals surface area contributed by atoms with Crippen molar-refractivity contribution in [3.8, 4) is 0 Å². The fraction of sp³-hybridized carbons (Fsp3) is 0.690. The van der Waals surface area contributed by atoms with Gasteiger partial charge in [-0.15, -0.1) is 0 Å². The number of hydrogen-bond donors (Lipinski definition) is 2. The summed E-state index contributed by atoms with van der Waals surface area (Å²) in [7, 11) is 0. The number of carbonyl (C=O) groups excluding carboxylic acids is 1. The van der Waals surface area contributed by atoms with Crippen LogP contribution in [0.4, 0.5) is 0 Å². The normalized spacial score (nSPS) is 49.0. The van der Waals surface area contributed by atoms with Crippen molar-refractivity contribution in [3.05, 3.63) is 47.7 Å². The van der Waals surface area contributed by atoms with Gasteiger partial charge in [-0.1, -0.05) is 44.2 Å². The molecule has 0 unspecified atom stereocenters. The van der Waals surface area contributed by atoms with Gasteiger partial charge in [-0.05, 0) is 98.0 Å². The van der Waals surface area contributed by atoms with Crippen molar-refractivity contribution in [3.63, 3.8) is 0 Å². The minimum Gasteiger partial charge on any atom is -0.434 e. The Bertz CT molecular complexity index is 987. The predicted molar refractivity (Wildman–Crippen MR) is 126 cm³/mol. The first kappa shape index (κ1) is 21.9. The number of benzene rings is 1. The predicted octanol–water partition coefficient (Wildman–Crippen LogP) is 5.48. The van der Waals surface area contributed by atoms with Crippen molar-refractivity contribution in [2.45, 2.75) is 89.3 Å². The van der Waals surface area contributed by atoms with E-state index in [-0.39, 0.29) is 22.7 Å². The molecule has 1 aliphatic heterocycles. The summed E-state index contributed by atoms with van der Waals surface area (Å²) in [5, 5.41) is 24.0. The largest absolute Gasteiger partial charge is 0.434 e. The van der Waals surface area contributed by atoms with E-state index in [1.807, 2.05) is 18.2 Å². The van der Waals surface area contributed by atoms with Crippen molar-refractivity contribution < 1.29 is 19.7 Å². The first-order chi connectivity index (χ1) is 15.7. The first-order valence-electron chi connectivity index (χ1n) is 13.1. The minimum atomic E-state index is -0.724. The number of rotatable bonds is 2. The van der Waals surface area contributed by atoms with Crippen LogP contribution in [0.3, 0.4) is 0 Å². The summed E-state index contributed by atoms with van der Waals surface area (Å²) in [5.41, 5.74) is 0.750. The number of hydrogen-bond acceptors (Lipinski definition) is 4. The Hall–Kier alpha value is -1.65. The third kappa shape index (κ3) is 2.92. The minimum absolute atomic E-state index is 0.154. The molecule has 0 spiro atoms. The number of esters is 1. The maximum atomic E-state index is 12.3. The Morgan fingerprint density at radius 2 is 1.70 bits per heavy atom. The molecule has 0 amide bonds. The van der Waals surface area contributed by atoms with E-state index >= 15 is 0 Å². The molecule has 33 heavy (non-hydrogen) atoms. The van der Waals surface area contributed by atoms with Crippen molar-refractivity contribution in [1.82, 2.24) is 0 Å². The Balaban J connectivity index is 1.27. The van der Waals surface area contributed by atoms with Crippen LogP contribution in [0.25, 0.3) is 0 Å². The Morgan fingerprint density at radius 3 is 2.42 bits per heavy atom. The summed E-state index contributed by atoms with van der Waals surface area (Å²) < 4.78 is 5.18. The number of aliphatic hydroxyl groups is 2. The molecule has 0 saturated heterocycles. The van der Waals surface area contributed by atoms with Crippen LogP contribution in [0.2, 0.25) is 0 Å². The van der Waals surface area contributed by atoms with Gasteiger partial charge >= 0.3 is 5.97 Å². The lowest BCUT2D eigenvalue weighted by atomic mass is 9.42. The van der Waals surface area contributed by atoms with Crippen molar-refractivity contribution in [2.24, 2.45) is 34.5 Å². The smallest absolute Gasteiger partial charge is 0.314 e. The van der Waals surface area contributed by atoms with E-state index in [0.717, 1.165) is 68.9 Å². The number of carbonyl (C=O) groups is 1. The lowest BCUT2D eigenvalue weighted by Gasteiger charge is -2.64. The molecule has 2 N–H and O–H groups in total. The van der Waals surface area contributed by atoms with Crippen molar-refractivity contribution >= 4 is 5.97 Å². The van der Waals surface area contributed by atoms with Gasteiger partial charge in [-0.25, -0.2) is 0 Å². The standard InChI is InChI=1S/C29H38O4/c1-26-14-15-28(31,20-6-4-3-5-7-20)17-21(26)8-9-24-23(26)10-12-27(2)22(11-13-29(24,27)32)19-16-25(30)33-18-19/h3-7,18,21-24,31-32H,8-17H2,1-2H3/t21-,22-,23+,24-,26+,27-,28-,29+/m1/s1. The fourth-order valence-corrected chi connectivity index (χ4v) is 9.41. The summed E-state index contributed by atoms with van der Waals surface area (Å²) in [5.74, 6) is 1.40. The lowest BCUT2D eigenvalue weighted by molar-refractivity contribution is -0.215. The molecule has 4 fully saturated rings. The third-order valence-corrected chi connectivity index (χ3v) is 11.4. The molecule has 4 saturated carbocycles. The van der Waals surface area contributed by atoms with Crippen LogP contribution in [0.1, 0.15) is 83.6 Å². The monoisotopic (exact) mass is 450 g/mol. The summed E-state index contributed by atoms with van der Waals surface area (Å²) in [4.78, 5) is 11.8. The lowest BCUT2D eigenvalue weighted by Crippen LogP contribution is -2.62. The quantitative estimate of drug-likeness (QED) is 0.586. The third-order valence-electron chi connectivity index (χ3n) is 11.4. The van der Waals surface area contributed by atoms with E-state index in [4.69, 9.17) is 4.74 Å². The highest BCUT2D eigenvalue weighted by Gasteiger charge is 2.68. The fourth-order valence-electron chi connectivity index (χ4n) is 9.41. The molecule has 0 bridgehead atoms. The molecule has 1 heterocycles. The van der Waals surface area contributed by atoms with E-state index in [2.05, 4.69) is 26.0 Å². The van der Waals surface area contributed by atoms with E-state index in [1.165, 1.54) is 0 Å². The molecule has 8 atom stereocenters. The molecule has 4 aliphatic carbocycles. The van der Waals surface area contributed by atoms with Crippen LogP contribution in [0.15, 0.2) is 42.2 Å². The molecular formula is C29H38O4. The molecule has 4 nitrogen and oxygen atoms in total. The Morgan fingerprint density at radius 1 is 0.909 bits per heavy atom. The van der Waals surface area contributed by atoms with Crippen molar-refractivity contribution in [2.75, 3.05) is 0 Å². The van der Waals surface area contributed by atoms with Crippen LogP contribution in [-0.4, -0.2) is 21.8 Å². The van der Waals surface area contributed by atoms with Gasteiger partial charge in [0.1, 0.15) is 0 Å². The van der Waals surface area contributed by atoms with Crippen LogP contribution in [0, 0.1) is 34.5 Å². The summed E-state index contributed by atoms with van der Waals surface area (Å²) in [6.45, 7) is 4.75. The van der Waals surface area contributed by atoms with E-state index in [0.29, 0.717) is 24.2 Å².